The molecule has 1 aromatic rings. The molecule has 0 saturated heterocycles. The Kier molecular flexibility index (Phi) is 3.67. The van der Waals surface area contributed by atoms with E-state index in [-0.39, 0.29) is 6.54 Å². The monoisotopic (exact) mass is 241 g/mol. The molecule has 1 rings (SSSR count). The molecule has 0 aliphatic heterocycles. The Morgan fingerprint density at radius 3 is 2.67 bits per heavy atom. The topological polar surface area (TPSA) is 29.1 Å². The smallest absolute Gasteiger partial charge is 0.346 e. The lowest BCUT2D eigenvalue weighted by molar-refractivity contribution is -0.169. The lowest BCUT2D eigenvalue weighted by Gasteiger charge is -2.14. The van der Waals surface area contributed by atoms with Crippen LogP contribution in [0.15, 0.2) is 17.5 Å². The molecule has 84 valence electrons. The van der Waals surface area contributed by atoms with Crippen molar-refractivity contribution < 1.29 is 22.4 Å². The molecule has 2 nitrogen and oxygen atoms in total. The number of hydrogen-bond acceptors (Lipinski definition) is 2. The summed E-state index contributed by atoms with van der Waals surface area (Å²) in [6, 6.07) is 3.27. The van der Waals surface area contributed by atoms with Crippen molar-refractivity contribution in [2.75, 3.05) is 0 Å². The highest BCUT2D eigenvalue weighted by Crippen LogP contribution is 2.23. The Morgan fingerprint density at radius 1 is 1.53 bits per heavy atom. The molecule has 1 N–H and O–H groups in total. The van der Waals surface area contributed by atoms with Crippen LogP contribution in [0.25, 0.3) is 0 Å². The summed E-state index contributed by atoms with van der Waals surface area (Å²) in [5, 5.41) is 3.44. The molecule has 0 atom stereocenters. The van der Waals surface area contributed by atoms with E-state index in [2.05, 4.69) is 0 Å². The van der Waals surface area contributed by atoms with Gasteiger partial charge in [-0.3, -0.25) is 4.79 Å². The molecule has 0 bridgehead atoms. The zero-order valence-electron chi connectivity index (χ0n) is 7.34. The second-order valence-electron chi connectivity index (χ2n) is 2.69. The van der Waals surface area contributed by atoms with E-state index in [0.717, 1.165) is 0 Å². The van der Waals surface area contributed by atoms with E-state index in [1.165, 1.54) is 11.3 Å². The summed E-state index contributed by atoms with van der Waals surface area (Å²) < 4.78 is 48.3. The van der Waals surface area contributed by atoms with Crippen LogP contribution in [0.5, 0.6) is 0 Å². The van der Waals surface area contributed by atoms with Crippen molar-refractivity contribution in [3.05, 3.63) is 22.4 Å². The second kappa shape index (κ2) is 4.61. The van der Waals surface area contributed by atoms with Gasteiger partial charge in [0.15, 0.2) is 0 Å². The first kappa shape index (κ1) is 12.0. The van der Waals surface area contributed by atoms with Gasteiger partial charge in [0.1, 0.15) is 0 Å². The van der Waals surface area contributed by atoms with E-state index < -0.39 is 18.3 Å². The van der Waals surface area contributed by atoms with E-state index in [0.29, 0.717) is 4.88 Å². The van der Waals surface area contributed by atoms with Gasteiger partial charge >= 0.3 is 12.3 Å². The summed E-state index contributed by atoms with van der Waals surface area (Å²) in [4.78, 5) is 11.3. The molecule has 1 aromatic heterocycles. The molecular weight excluding hydrogens is 234 g/mol. The maximum atomic E-state index is 12.4. The van der Waals surface area contributed by atoms with Gasteiger partial charge in [-0.05, 0) is 11.4 Å². The molecule has 0 radical (unpaired) electrons. The Hall–Kier alpha value is -1.11. The highest BCUT2D eigenvalue weighted by Gasteiger charge is 2.48. The third-order valence-electron chi connectivity index (χ3n) is 1.58. The fraction of sp³-hybridized carbons (Fsp3) is 0.375. The van der Waals surface area contributed by atoms with Crippen LogP contribution in [0.1, 0.15) is 4.88 Å². The van der Waals surface area contributed by atoms with Gasteiger partial charge < -0.3 is 5.32 Å². The first-order valence-corrected chi connectivity index (χ1v) is 4.79. The minimum atomic E-state index is -4.63. The van der Waals surface area contributed by atoms with Gasteiger partial charge in [-0.15, -0.1) is 11.3 Å². The molecule has 15 heavy (non-hydrogen) atoms. The van der Waals surface area contributed by atoms with Gasteiger partial charge in [0.2, 0.25) is 0 Å². The van der Waals surface area contributed by atoms with Gasteiger partial charge in [0.05, 0.1) is 6.54 Å². The minimum absolute atomic E-state index is 0.168. The fourth-order valence-corrected chi connectivity index (χ4v) is 1.44. The van der Waals surface area contributed by atoms with Crippen LogP contribution in [-0.4, -0.2) is 18.3 Å². The van der Waals surface area contributed by atoms with Crippen molar-refractivity contribution in [3.63, 3.8) is 0 Å². The number of halogens is 4. The third kappa shape index (κ3) is 2.92. The van der Waals surface area contributed by atoms with Crippen LogP contribution in [0, 0.1) is 0 Å². The molecule has 0 aliphatic carbocycles. The number of alkyl halides is 4. The molecule has 7 heteroatoms. The first-order valence-electron chi connectivity index (χ1n) is 3.91. The summed E-state index contributed by atoms with van der Waals surface area (Å²) in [7, 11) is 0. The van der Waals surface area contributed by atoms with Crippen LogP contribution in [0.2, 0.25) is 0 Å². The highest BCUT2D eigenvalue weighted by molar-refractivity contribution is 7.09. The maximum Gasteiger partial charge on any atom is 0.383 e. The molecule has 1 heterocycles. The maximum absolute atomic E-state index is 12.4. The molecule has 0 fully saturated rings. The van der Waals surface area contributed by atoms with Crippen LogP contribution in [0.4, 0.5) is 17.6 Å². The van der Waals surface area contributed by atoms with Crippen LogP contribution in [-0.2, 0) is 11.3 Å². The number of rotatable bonds is 4. The number of hydrogen-bond donors (Lipinski definition) is 1. The van der Waals surface area contributed by atoms with Crippen LogP contribution < -0.4 is 5.32 Å². The predicted molar refractivity (Wildman–Crippen MR) is 47.1 cm³/mol. The normalized spacial score (nSPS) is 11.8. The zero-order chi connectivity index (χ0) is 11.5. The number of thiophene rings is 1. The van der Waals surface area contributed by atoms with E-state index >= 15 is 0 Å². The fourth-order valence-electron chi connectivity index (χ4n) is 0.798. The molecule has 0 aliphatic rings. The summed E-state index contributed by atoms with van der Waals surface area (Å²) in [6.07, 6.45) is -3.99. The van der Waals surface area contributed by atoms with Gasteiger partial charge in [0, 0.05) is 4.88 Å². The van der Waals surface area contributed by atoms with E-state index in [4.69, 9.17) is 0 Å². The Balaban J connectivity index is 2.49. The third-order valence-corrected chi connectivity index (χ3v) is 2.46. The number of amides is 1. The standard InChI is InChI=1S/C8H7F4NOS/c9-6(10)8(11,12)7(14)13-4-5-2-1-3-15-5/h1-3,6H,4H2,(H,13,14). The van der Waals surface area contributed by atoms with Gasteiger partial charge in [-0.25, -0.2) is 8.78 Å². The van der Waals surface area contributed by atoms with Crippen LogP contribution in [0.3, 0.4) is 0 Å². The quantitative estimate of drug-likeness (QED) is 0.805. The Bertz CT molecular complexity index is 325. The van der Waals surface area contributed by atoms with Gasteiger partial charge in [-0.2, -0.15) is 8.78 Å². The Labute approximate surface area is 86.9 Å². The summed E-state index contributed by atoms with van der Waals surface area (Å²) in [5.41, 5.74) is 0. The lowest BCUT2D eigenvalue weighted by atomic mass is 10.3. The van der Waals surface area contributed by atoms with Crippen molar-refractivity contribution in [1.82, 2.24) is 5.32 Å². The second-order valence-corrected chi connectivity index (χ2v) is 3.72. The average Bonchev–Trinajstić information content (AvgIpc) is 2.66. The molecule has 1 amide bonds. The van der Waals surface area contributed by atoms with E-state index in [1.807, 2.05) is 0 Å². The molecule has 0 unspecified atom stereocenters. The first-order chi connectivity index (χ1) is 6.94. The largest absolute Gasteiger partial charge is 0.383 e. The SMILES string of the molecule is O=C(NCc1cccs1)C(F)(F)C(F)F. The predicted octanol–water partition coefficient (Wildman–Crippen LogP) is 2.26. The number of nitrogens with one attached hydrogen (secondary N) is 1. The van der Waals surface area contributed by atoms with E-state index in [9.17, 15) is 22.4 Å². The van der Waals surface area contributed by atoms with Gasteiger partial charge in [-0.1, -0.05) is 6.07 Å². The van der Waals surface area contributed by atoms with Crippen molar-refractivity contribution >= 4 is 17.2 Å². The molecule has 0 aromatic carbocycles. The average molecular weight is 241 g/mol. The van der Waals surface area contributed by atoms with E-state index in [1.54, 1.807) is 22.8 Å². The minimum Gasteiger partial charge on any atom is -0.346 e. The molecule has 0 spiro atoms. The van der Waals surface area contributed by atoms with Crippen molar-refractivity contribution in [2.24, 2.45) is 0 Å². The molecular formula is C8H7F4NOS. The Morgan fingerprint density at radius 2 is 2.20 bits per heavy atom. The number of carbonyl (C=O) groups is 1. The highest BCUT2D eigenvalue weighted by atomic mass is 32.1. The summed E-state index contributed by atoms with van der Waals surface area (Å²) >= 11 is 1.24. The summed E-state index contributed by atoms with van der Waals surface area (Å²) in [5.74, 6) is -6.58. The molecule has 0 saturated carbocycles. The van der Waals surface area contributed by atoms with Crippen molar-refractivity contribution in [1.29, 1.82) is 0 Å². The zero-order valence-corrected chi connectivity index (χ0v) is 8.16. The number of carbonyl (C=O) groups excluding carboxylic acids is 1. The van der Waals surface area contributed by atoms with Gasteiger partial charge in [0.25, 0.3) is 5.91 Å². The van der Waals surface area contributed by atoms with Crippen molar-refractivity contribution in [3.8, 4) is 0 Å². The lowest BCUT2D eigenvalue weighted by Crippen LogP contribution is -2.44. The van der Waals surface area contributed by atoms with Crippen molar-refractivity contribution in [2.45, 2.75) is 18.9 Å². The van der Waals surface area contributed by atoms with Crippen LogP contribution >= 0.6 is 11.3 Å². The summed E-state index contributed by atoms with van der Waals surface area (Å²) in [6.45, 7) is -0.168.